The van der Waals surface area contributed by atoms with Gasteiger partial charge < -0.3 is 25.8 Å². The summed E-state index contributed by atoms with van der Waals surface area (Å²) in [7, 11) is 0. The van der Waals surface area contributed by atoms with E-state index in [9.17, 15) is 9.90 Å². The average molecular weight is 422 g/mol. The number of ether oxygens (including phenoxy) is 1. The number of nitrogens with zero attached hydrogens (tertiary/aromatic N) is 3. The first-order valence-electron chi connectivity index (χ1n) is 10.4. The molecule has 4 rings (SSSR count). The topological polar surface area (TPSA) is 114 Å². The van der Waals surface area contributed by atoms with Crippen LogP contribution in [-0.4, -0.2) is 59.4 Å². The van der Waals surface area contributed by atoms with E-state index in [0.29, 0.717) is 44.0 Å². The van der Waals surface area contributed by atoms with Crippen LogP contribution in [0.3, 0.4) is 0 Å². The van der Waals surface area contributed by atoms with Gasteiger partial charge in [-0.15, -0.1) is 0 Å². The van der Waals surface area contributed by atoms with Crippen LogP contribution in [0.25, 0.3) is 10.9 Å². The third-order valence-electron chi connectivity index (χ3n) is 5.45. The summed E-state index contributed by atoms with van der Waals surface area (Å²) in [4.78, 5) is 23.5. The molecule has 0 aliphatic carbocycles. The molecule has 31 heavy (non-hydrogen) atoms. The zero-order valence-electron chi connectivity index (χ0n) is 17.5. The standard InChI is InChI=1S/C23H27N5O3/c1-16-11-21(19-13-25-8-5-20(19)27-16)28-9-6-23(30,15-28)14-26-22(29)17-3-2-4-18(12-17)31-10-7-24/h2-5,8,11-13,30H,6-7,9-10,14-15,24H2,1H3,(H,26,29)/t23-/m1/s1. The Kier molecular flexibility index (Phi) is 6.01. The number of fused-ring (bicyclic) bond motifs is 1. The van der Waals surface area contributed by atoms with Crippen molar-refractivity contribution < 1.29 is 14.6 Å². The van der Waals surface area contributed by atoms with Crippen LogP contribution >= 0.6 is 0 Å². The zero-order valence-corrected chi connectivity index (χ0v) is 17.5. The van der Waals surface area contributed by atoms with Gasteiger partial charge in [-0.3, -0.25) is 14.8 Å². The van der Waals surface area contributed by atoms with E-state index in [2.05, 4.69) is 20.2 Å². The van der Waals surface area contributed by atoms with Crippen LogP contribution in [0.15, 0.2) is 48.8 Å². The molecule has 8 nitrogen and oxygen atoms in total. The Bertz CT molecular complexity index is 1090. The molecule has 1 aliphatic heterocycles. The van der Waals surface area contributed by atoms with E-state index >= 15 is 0 Å². The molecule has 0 unspecified atom stereocenters. The van der Waals surface area contributed by atoms with E-state index in [1.54, 1.807) is 36.7 Å². The van der Waals surface area contributed by atoms with Gasteiger partial charge in [0.15, 0.2) is 0 Å². The lowest BCUT2D eigenvalue weighted by Crippen LogP contribution is -2.45. The van der Waals surface area contributed by atoms with E-state index in [1.807, 2.05) is 19.1 Å². The number of rotatable bonds is 7. The number of carbonyl (C=O) groups excluding carboxylic acids is 1. The lowest BCUT2D eigenvalue weighted by atomic mass is 10.0. The number of carbonyl (C=O) groups is 1. The Morgan fingerprint density at radius 3 is 3.06 bits per heavy atom. The number of nitrogens with one attached hydrogen (secondary N) is 1. The number of pyridine rings is 2. The predicted molar refractivity (Wildman–Crippen MR) is 119 cm³/mol. The van der Waals surface area contributed by atoms with Gasteiger partial charge in [0.05, 0.1) is 5.52 Å². The Balaban J connectivity index is 1.43. The first kappa shape index (κ1) is 21.0. The van der Waals surface area contributed by atoms with Gasteiger partial charge in [-0.05, 0) is 43.7 Å². The fourth-order valence-corrected chi connectivity index (χ4v) is 3.90. The van der Waals surface area contributed by atoms with Crippen LogP contribution in [0.1, 0.15) is 22.5 Å². The van der Waals surface area contributed by atoms with Gasteiger partial charge in [0, 0.05) is 60.9 Å². The number of aliphatic hydroxyl groups is 1. The number of hydrogen-bond acceptors (Lipinski definition) is 7. The molecule has 1 saturated heterocycles. The highest BCUT2D eigenvalue weighted by Gasteiger charge is 2.37. The molecule has 4 N–H and O–H groups in total. The molecule has 0 radical (unpaired) electrons. The van der Waals surface area contributed by atoms with Crippen LogP contribution in [0, 0.1) is 6.92 Å². The lowest BCUT2D eigenvalue weighted by Gasteiger charge is -2.25. The summed E-state index contributed by atoms with van der Waals surface area (Å²) in [6.07, 6.45) is 4.08. The number of nitrogens with two attached hydrogens (primary N) is 1. The van der Waals surface area contributed by atoms with Gasteiger partial charge in [-0.2, -0.15) is 0 Å². The number of benzene rings is 1. The fourth-order valence-electron chi connectivity index (χ4n) is 3.90. The van der Waals surface area contributed by atoms with Crippen molar-refractivity contribution in [1.82, 2.24) is 15.3 Å². The SMILES string of the molecule is Cc1cc(N2CC[C@@](O)(CNC(=O)c3cccc(OCCN)c3)C2)c2cnccc2n1. The van der Waals surface area contributed by atoms with E-state index in [1.165, 1.54) is 0 Å². The van der Waals surface area contributed by atoms with Crippen molar-refractivity contribution in [1.29, 1.82) is 0 Å². The molecule has 1 fully saturated rings. The van der Waals surface area contributed by atoms with Gasteiger partial charge in [0.25, 0.3) is 5.91 Å². The van der Waals surface area contributed by atoms with E-state index in [-0.39, 0.29) is 12.5 Å². The Morgan fingerprint density at radius 1 is 1.35 bits per heavy atom. The van der Waals surface area contributed by atoms with Crippen LogP contribution < -0.4 is 20.7 Å². The smallest absolute Gasteiger partial charge is 0.251 e. The minimum atomic E-state index is -1.02. The van der Waals surface area contributed by atoms with Gasteiger partial charge in [0.2, 0.25) is 0 Å². The summed E-state index contributed by atoms with van der Waals surface area (Å²) in [5.41, 5.74) is 7.71. The molecule has 0 saturated carbocycles. The molecule has 0 bridgehead atoms. The molecule has 1 atom stereocenters. The van der Waals surface area contributed by atoms with Gasteiger partial charge in [-0.25, -0.2) is 0 Å². The lowest BCUT2D eigenvalue weighted by molar-refractivity contribution is 0.0576. The molecule has 1 aromatic carbocycles. The second-order valence-corrected chi connectivity index (χ2v) is 7.92. The fraction of sp³-hybridized carbons (Fsp3) is 0.348. The van der Waals surface area contributed by atoms with Crippen LogP contribution in [0.5, 0.6) is 5.75 Å². The third-order valence-corrected chi connectivity index (χ3v) is 5.45. The van der Waals surface area contributed by atoms with Crippen molar-refractivity contribution in [2.45, 2.75) is 18.9 Å². The maximum atomic E-state index is 12.6. The number of hydrogen-bond donors (Lipinski definition) is 3. The van der Waals surface area contributed by atoms with Crippen molar-refractivity contribution in [3.63, 3.8) is 0 Å². The molecular weight excluding hydrogens is 394 g/mol. The molecular formula is C23H27N5O3. The highest BCUT2D eigenvalue weighted by molar-refractivity contribution is 5.94. The first-order valence-corrected chi connectivity index (χ1v) is 10.4. The summed E-state index contributed by atoms with van der Waals surface area (Å²) >= 11 is 0. The normalized spacial score (nSPS) is 18.4. The van der Waals surface area contributed by atoms with Crippen molar-refractivity contribution in [2.75, 3.05) is 37.7 Å². The second kappa shape index (κ2) is 8.87. The average Bonchev–Trinajstić information content (AvgIpc) is 3.18. The summed E-state index contributed by atoms with van der Waals surface area (Å²) in [6, 6.07) is 10.8. The molecule has 1 aliphatic rings. The maximum absolute atomic E-state index is 12.6. The Morgan fingerprint density at radius 2 is 2.23 bits per heavy atom. The van der Waals surface area contributed by atoms with Gasteiger partial charge >= 0.3 is 0 Å². The molecule has 162 valence electrons. The Hall–Kier alpha value is -3.23. The van der Waals surface area contributed by atoms with Crippen molar-refractivity contribution >= 4 is 22.5 Å². The van der Waals surface area contributed by atoms with Crippen molar-refractivity contribution in [3.8, 4) is 5.75 Å². The number of aromatic nitrogens is 2. The molecule has 2 aromatic heterocycles. The number of β-amino-alcohol motifs (C(OH)–C–C–N with tert-alkyl or cyclic N) is 1. The number of anilines is 1. The third kappa shape index (κ3) is 4.76. The minimum absolute atomic E-state index is 0.163. The van der Waals surface area contributed by atoms with Crippen LogP contribution in [0.4, 0.5) is 5.69 Å². The van der Waals surface area contributed by atoms with E-state index in [0.717, 1.165) is 22.3 Å². The van der Waals surface area contributed by atoms with Crippen LogP contribution in [-0.2, 0) is 0 Å². The molecule has 0 spiro atoms. The quantitative estimate of drug-likeness (QED) is 0.531. The second-order valence-electron chi connectivity index (χ2n) is 7.92. The Labute approximate surface area is 181 Å². The van der Waals surface area contributed by atoms with E-state index in [4.69, 9.17) is 10.5 Å². The number of aryl methyl sites for hydroxylation is 1. The monoisotopic (exact) mass is 421 g/mol. The summed E-state index contributed by atoms with van der Waals surface area (Å²) in [5.74, 6) is 0.344. The maximum Gasteiger partial charge on any atom is 0.251 e. The largest absolute Gasteiger partial charge is 0.492 e. The van der Waals surface area contributed by atoms with E-state index < -0.39 is 5.60 Å². The zero-order chi connectivity index (χ0) is 21.8. The predicted octanol–water partition coefficient (Wildman–Crippen LogP) is 1.65. The summed E-state index contributed by atoms with van der Waals surface area (Å²) < 4.78 is 5.48. The highest BCUT2D eigenvalue weighted by atomic mass is 16.5. The summed E-state index contributed by atoms with van der Waals surface area (Å²) in [5, 5.41) is 14.9. The van der Waals surface area contributed by atoms with Gasteiger partial charge in [-0.1, -0.05) is 6.07 Å². The number of amides is 1. The molecule has 8 heteroatoms. The minimum Gasteiger partial charge on any atom is -0.492 e. The van der Waals surface area contributed by atoms with Crippen molar-refractivity contribution in [2.24, 2.45) is 5.73 Å². The highest BCUT2D eigenvalue weighted by Crippen LogP contribution is 2.32. The molecule has 1 amide bonds. The van der Waals surface area contributed by atoms with Crippen LogP contribution in [0.2, 0.25) is 0 Å². The summed E-state index contributed by atoms with van der Waals surface area (Å²) in [6.45, 7) is 4.01. The van der Waals surface area contributed by atoms with Crippen molar-refractivity contribution in [3.05, 3.63) is 60.0 Å². The molecule has 3 heterocycles. The molecule has 3 aromatic rings. The van der Waals surface area contributed by atoms with Gasteiger partial charge in [0.1, 0.15) is 18.0 Å². The first-order chi connectivity index (χ1) is 15.0.